The lowest BCUT2D eigenvalue weighted by atomic mass is 9.53. The molecule has 4 rings (SSSR count). The van der Waals surface area contributed by atoms with Gasteiger partial charge in [0.1, 0.15) is 5.75 Å². The highest BCUT2D eigenvalue weighted by Crippen LogP contribution is 2.50. The maximum Gasteiger partial charge on any atom is 0.235 e. The quantitative estimate of drug-likeness (QED) is 0.261. The zero-order chi connectivity index (χ0) is 24.9. The van der Waals surface area contributed by atoms with Crippen LogP contribution in [-0.2, 0) is 38.6 Å². The molecule has 9 heteroatoms. The summed E-state index contributed by atoms with van der Waals surface area (Å²) < 4.78 is 0. The van der Waals surface area contributed by atoms with E-state index in [2.05, 4.69) is 11.9 Å². The largest absolute Gasteiger partial charge is 0.507 e. The molecule has 0 heterocycles. The number of aliphatic hydroxyl groups is 1. The van der Waals surface area contributed by atoms with Crippen molar-refractivity contribution in [1.29, 1.82) is 0 Å². The number of fused-ring (bicyclic) bond motifs is 3. The number of benzene rings is 1. The van der Waals surface area contributed by atoms with Gasteiger partial charge in [0.15, 0.2) is 34.7 Å². The molecule has 0 bridgehead atoms. The Morgan fingerprint density at radius 2 is 1.94 bits per heavy atom. The lowest BCUT2D eigenvalue weighted by molar-refractivity contribution is -0.175. The van der Waals surface area contributed by atoms with Crippen molar-refractivity contribution in [3.05, 3.63) is 41.0 Å². The van der Waals surface area contributed by atoms with E-state index in [-0.39, 0.29) is 30.7 Å². The molecule has 5 atom stereocenters. The second-order valence-electron chi connectivity index (χ2n) is 9.41. The number of aromatic hydroxyl groups is 1. The highest BCUT2D eigenvalue weighted by atomic mass is 16.3. The molecule has 3 aliphatic rings. The predicted molar refractivity (Wildman–Crippen MR) is 120 cm³/mol. The fraction of sp³-hybridized carbons (Fsp3) is 0.480. The van der Waals surface area contributed by atoms with Crippen molar-refractivity contribution >= 4 is 29.0 Å². The number of nitrogens with one attached hydrogen (secondary N) is 1. The number of aryl methyl sites for hydroxylation is 1. The monoisotopic (exact) mass is 468 g/mol. The van der Waals surface area contributed by atoms with E-state index < -0.39 is 58.3 Å². The van der Waals surface area contributed by atoms with Crippen molar-refractivity contribution in [1.82, 2.24) is 5.32 Å². The first-order valence-electron chi connectivity index (χ1n) is 11.4. The van der Waals surface area contributed by atoms with Gasteiger partial charge in [-0.1, -0.05) is 19.1 Å². The SMILES string of the molecule is C=CCNCc1cc(CC)c2c(c1O)C(=O)C1C(=O)[C@]3(O)C(=O)C(C(N)=O)C(=O)C[C@@H]3C[C@@H]1C2. The minimum absolute atomic E-state index is 0.0391. The smallest absolute Gasteiger partial charge is 0.235 e. The van der Waals surface area contributed by atoms with Crippen molar-refractivity contribution in [3.8, 4) is 5.75 Å². The molecule has 180 valence electrons. The zero-order valence-electron chi connectivity index (χ0n) is 18.9. The lowest BCUT2D eigenvalue weighted by Gasteiger charge is -2.48. The second kappa shape index (κ2) is 8.56. The minimum atomic E-state index is -2.63. The van der Waals surface area contributed by atoms with Crippen molar-refractivity contribution in [2.75, 3.05) is 6.54 Å². The minimum Gasteiger partial charge on any atom is -0.507 e. The molecule has 2 saturated carbocycles. The van der Waals surface area contributed by atoms with Crippen LogP contribution in [0.2, 0.25) is 0 Å². The van der Waals surface area contributed by atoms with Gasteiger partial charge < -0.3 is 21.3 Å². The maximum atomic E-state index is 13.6. The van der Waals surface area contributed by atoms with Crippen LogP contribution >= 0.6 is 0 Å². The normalized spacial score (nSPS) is 30.4. The van der Waals surface area contributed by atoms with Crippen molar-refractivity contribution in [2.24, 2.45) is 29.4 Å². The fourth-order valence-corrected chi connectivity index (χ4v) is 5.93. The zero-order valence-corrected chi connectivity index (χ0v) is 18.9. The van der Waals surface area contributed by atoms with Crippen LogP contribution < -0.4 is 11.1 Å². The molecule has 0 spiro atoms. The van der Waals surface area contributed by atoms with Gasteiger partial charge in [0.05, 0.1) is 11.5 Å². The molecule has 2 unspecified atom stereocenters. The van der Waals surface area contributed by atoms with E-state index in [1.807, 2.05) is 13.0 Å². The number of hydrogen-bond acceptors (Lipinski definition) is 8. The van der Waals surface area contributed by atoms with Crippen molar-refractivity contribution in [3.63, 3.8) is 0 Å². The molecular formula is C25H28N2O7. The highest BCUT2D eigenvalue weighted by molar-refractivity contribution is 6.31. The number of phenols is 1. The van der Waals surface area contributed by atoms with Gasteiger partial charge in [-0.3, -0.25) is 24.0 Å². The summed E-state index contributed by atoms with van der Waals surface area (Å²) in [5, 5.41) is 25.3. The van der Waals surface area contributed by atoms with Gasteiger partial charge in [0, 0.05) is 31.0 Å². The third kappa shape index (κ3) is 3.33. The van der Waals surface area contributed by atoms with E-state index in [9.17, 15) is 34.2 Å². The average Bonchev–Trinajstić information content (AvgIpc) is 2.77. The Morgan fingerprint density at radius 1 is 1.24 bits per heavy atom. The third-order valence-electron chi connectivity index (χ3n) is 7.56. The second-order valence-corrected chi connectivity index (χ2v) is 9.41. The number of carbonyl (C=O) groups is 5. The number of carbonyl (C=O) groups excluding carboxylic acids is 5. The van der Waals surface area contributed by atoms with Gasteiger partial charge in [-0.15, -0.1) is 6.58 Å². The van der Waals surface area contributed by atoms with E-state index >= 15 is 0 Å². The maximum absolute atomic E-state index is 13.6. The standard InChI is InChI=1S/C25H28N2O7/c1-3-5-27-10-13-6-11(4-2)15-8-12-7-14-9-16(28)19(24(26)33)23(32)25(14,34)22(31)17(12)21(30)18(15)20(13)29/h3,6,12,14,17,19,27,29,34H,1,4-5,7-10H2,2H3,(H2,26,33)/t12-,14+,17?,19?,25+/m1/s1. The molecule has 0 radical (unpaired) electrons. The lowest BCUT2D eigenvalue weighted by Crippen LogP contribution is -2.68. The van der Waals surface area contributed by atoms with Gasteiger partial charge in [-0.2, -0.15) is 0 Å². The number of primary amides is 1. The summed E-state index contributed by atoms with van der Waals surface area (Å²) in [5.41, 5.74) is 4.63. The molecular weight excluding hydrogens is 440 g/mol. The van der Waals surface area contributed by atoms with E-state index in [4.69, 9.17) is 5.73 Å². The Hall–Kier alpha value is -3.17. The molecule has 9 nitrogen and oxygen atoms in total. The average molecular weight is 469 g/mol. The molecule has 5 N–H and O–H groups in total. The summed E-state index contributed by atoms with van der Waals surface area (Å²) in [6, 6.07) is 1.84. The first-order valence-corrected chi connectivity index (χ1v) is 11.4. The number of phenolic OH excluding ortho intramolecular Hbond substituents is 1. The number of ketones is 4. The number of amides is 1. The summed E-state index contributed by atoms with van der Waals surface area (Å²) in [7, 11) is 0. The Labute approximate surface area is 196 Å². The summed E-state index contributed by atoms with van der Waals surface area (Å²) in [5.74, 6) is -9.89. The number of hydrogen-bond donors (Lipinski definition) is 4. The Balaban J connectivity index is 1.79. The van der Waals surface area contributed by atoms with E-state index in [0.717, 1.165) is 5.56 Å². The summed E-state index contributed by atoms with van der Waals surface area (Å²) >= 11 is 0. The molecule has 0 saturated heterocycles. The summed E-state index contributed by atoms with van der Waals surface area (Å²) in [6.07, 6.45) is 2.30. The molecule has 1 aromatic carbocycles. The van der Waals surface area contributed by atoms with E-state index in [0.29, 0.717) is 30.5 Å². The molecule has 3 aliphatic carbocycles. The van der Waals surface area contributed by atoms with Crippen LogP contribution in [-0.4, -0.2) is 51.4 Å². The number of Topliss-reactive ketones (excluding diaryl/α,β-unsaturated/α-hetero) is 4. The van der Waals surface area contributed by atoms with Gasteiger partial charge in [0.25, 0.3) is 0 Å². The Bertz CT molecular complexity index is 1140. The van der Waals surface area contributed by atoms with Gasteiger partial charge in [-0.05, 0) is 36.3 Å². The van der Waals surface area contributed by atoms with E-state index in [1.54, 1.807) is 6.08 Å². The van der Waals surface area contributed by atoms with Gasteiger partial charge in [-0.25, -0.2) is 0 Å². The van der Waals surface area contributed by atoms with Gasteiger partial charge in [0.2, 0.25) is 5.91 Å². The van der Waals surface area contributed by atoms with Crippen LogP contribution in [0.4, 0.5) is 0 Å². The van der Waals surface area contributed by atoms with Crippen LogP contribution in [0.3, 0.4) is 0 Å². The molecule has 34 heavy (non-hydrogen) atoms. The summed E-state index contributed by atoms with van der Waals surface area (Å²) in [4.78, 5) is 64.3. The van der Waals surface area contributed by atoms with Crippen molar-refractivity contribution < 1.29 is 34.2 Å². The molecule has 1 aromatic rings. The van der Waals surface area contributed by atoms with Crippen LogP contribution in [0.25, 0.3) is 0 Å². The number of rotatable bonds is 6. The summed E-state index contributed by atoms with van der Waals surface area (Å²) in [6.45, 7) is 6.33. The Kier molecular flexibility index (Phi) is 6.03. The number of nitrogens with two attached hydrogens (primary N) is 1. The van der Waals surface area contributed by atoms with Crippen LogP contribution in [0.1, 0.15) is 46.8 Å². The molecule has 0 aromatic heterocycles. The first-order chi connectivity index (χ1) is 16.1. The predicted octanol–water partition coefficient (Wildman–Crippen LogP) is 0.165. The van der Waals surface area contributed by atoms with E-state index in [1.165, 1.54) is 0 Å². The van der Waals surface area contributed by atoms with Crippen molar-refractivity contribution in [2.45, 2.75) is 44.8 Å². The molecule has 1 amide bonds. The highest BCUT2D eigenvalue weighted by Gasteiger charge is 2.66. The van der Waals surface area contributed by atoms with Gasteiger partial charge >= 0.3 is 0 Å². The third-order valence-corrected chi connectivity index (χ3v) is 7.56. The van der Waals surface area contributed by atoms with Crippen LogP contribution in [0, 0.1) is 23.7 Å². The van der Waals surface area contributed by atoms with Crippen LogP contribution in [0.15, 0.2) is 18.7 Å². The fourth-order valence-electron chi connectivity index (χ4n) is 5.93. The molecule has 2 fully saturated rings. The topological polar surface area (TPSA) is 164 Å². The first kappa shape index (κ1) is 24.0. The van der Waals surface area contributed by atoms with Crippen LogP contribution in [0.5, 0.6) is 5.75 Å². The Morgan fingerprint density at radius 3 is 2.56 bits per heavy atom. The molecule has 0 aliphatic heterocycles.